The minimum atomic E-state index is -0.245. The highest BCUT2D eigenvalue weighted by Gasteiger charge is 2.16. The van der Waals surface area contributed by atoms with Gasteiger partial charge in [-0.2, -0.15) is 0 Å². The van der Waals surface area contributed by atoms with Crippen molar-refractivity contribution in [3.63, 3.8) is 0 Å². The normalized spacial score (nSPS) is 10.6. The third-order valence-corrected chi connectivity index (χ3v) is 4.61. The minimum absolute atomic E-state index is 0.172. The predicted octanol–water partition coefficient (Wildman–Crippen LogP) is 3.34. The molecule has 1 aromatic heterocycles. The van der Waals surface area contributed by atoms with Crippen LogP contribution in [0.2, 0.25) is 5.02 Å². The fourth-order valence-electron chi connectivity index (χ4n) is 2.83. The molecule has 1 amide bonds. The first-order valence-electron chi connectivity index (χ1n) is 8.23. The maximum absolute atomic E-state index is 12.6. The van der Waals surface area contributed by atoms with E-state index in [9.17, 15) is 9.59 Å². The van der Waals surface area contributed by atoms with Crippen molar-refractivity contribution >= 4 is 23.2 Å². The summed E-state index contributed by atoms with van der Waals surface area (Å²) >= 11 is 6.19. The molecular weight excluding hydrogens is 338 g/mol. The number of amides is 1. The summed E-state index contributed by atoms with van der Waals surface area (Å²) < 4.78 is 0. The first-order chi connectivity index (χ1) is 11.7. The Morgan fingerprint density at radius 2 is 1.92 bits per heavy atom. The smallest absolute Gasteiger partial charge is 0.253 e. The lowest BCUT2D eigenvalue weighted by atomic mass is 10.0. The van der Waals surface area contributed by atoms with E-state index in [-0.39, 0.29) is 18.0 Å². The first kappa shape index (κ1) is 19.1. The third kappa shape index (κ3) is 4.23. The van der Waals surface area contributed by atoms with E-state index in [1.165, 1.54) is 0 Å². The van der Waals surface area contributed by atoms with E-state index in [1.54, 1.807) is 6.07 Å². The van der Waals surface area contributed by atoms with Crippen LogP contribution in [0.3, 0.4) is 0 Å². The van der Waals surface area contributed by atoms with Gasteiger partial charge in [0.2, 0.25) is 0 Å². The SMILES string of the molecule is CCN(C)c1cc(Cl)cc(C(=O)NCc2c(C)cc(C)[nH]c2=O)c1C. The van der Waals surface area contributed by atoms with E-state index >= 15 is 0 Å². The molecule has 6 heteroatoms. The highest BCUT2D eigenvalue weighted by Crippen LogP contribution is 2.27. The average molecular weight is 362 g/mol. The van der Waals surface area contributed by atoms with Gasteiger partial charge < -0.3 is 15.2 Å². The van der Waals surface area contributed by atoms with Gasteiger partial charge in [0.05, 0.1) is 0 Å². The molecule has 0 saturated carbocycles. The molecule has 1 heterocycles. The van der Waals surface area contributed by atoms with E-state index in [4.69, 9.17) is 11.6 Å². The van der Waals surface area contributed by atoms with Crippen LogP contribution in [0, 0.1) is 20.8 Å². The second-order valence-corrected chi connectivity index (χ2v) is 6.67. The predicted molar refractivity (Wildman–Crippen MR) is 103 cm³/mol. The van der Waals surface area contributed by atoms with Crippen molar-refractivity contribution in [3.05, 3.63) is 61.5 Å². The lowest BCUT2D eigenvalue weighted by Crippen LogP contribution is -2.29. The number of benzene rings is 1. The van der Waals surface area contributed by atoms with Crippen LogP contribution >= 0.6 is 11.6 Å². The molecule has 2 rings (SSSR count). The summed E-state index contributed by atoms with van der Waals surface area (Å²) in [5.74, 6) is -0.245. The van der Waals surface area contributed by atoms with Crippen LogP contribution in [-0.4, -0.2) is 24.5 Å². The molecule has 134 valence electrons. The Hall–Kier alpha value is -2.27. The minimum Gasteiger partial charge on any atom is -0.375 e. The molecule has 0 aliphatic rings. The second-order valence-electron chi connectivity index (χ2n) is 6.24. The van der Waals surface area contributed by atoms with E-state index in [2.05, 4.69) is 10.3 Å². The van der Waals surface area contributed by atoms with Gasteiger partial charge in [0.25, 0.3) is 11.5 Å². The van der Waals surface area contributed by atoms with E-state index in [0.717, 1.165) is 29.1 Å². The standard InChI is InChI=1S/C19H24ClN3O2/c1-6-23(5)17-9-14(20)8-15(13(17)4)18(24)21-10-16-11(2)7-12(3)22-19(16)25/h7-9H,6,10H2,1-5H3,(H,21,24)(H,22,25). The zero-order chi connectivity index (χ0) is 18.7. The summed E-state index contributed by atoms with van der Waals surface area (Å²) in [5.41, 5.74) is 4.34. The number of hydrogen-bond acceptors (Lipinski definition) is 3. The molecule has 5 nitrogen and oxygen atoms in total. The molecule has 2 N–H and O–H groups in total. The maximum Gasteiger partial charge on any atom is 0.253 e. The molecule has 0 aliphatic carbocycles. The number of aromatic amines is 1. The number of halogens is 1. The van der Waals surface area contributed by atoms with Gasteiger partial charge in [-0.1, -0.05) is 11.6 Å². The number of H-pyrrole nitrogens is 1. The van der Waals surface area contributed by atoms with Crippen LogP contribution < -0.4 is 15.8 Å². The molecule has 1 aromatic carbocycles. The molecule has 0 bridgehead atoms. The molecule has 2 aromatic rings. The van der Waals surface area contributed by atoms with Crippen LogP contribution in [0.5, 0.6) is 0 Å². The Kier molecular flexibility index (Phi) is 5.90. The number of pyridine rings is 1. The van der Waals surface area contributed by atoms with Gasteiger partial charge in [0, 0.05) is 47.7 Å². The highest BCUT2D eigenvalue weighted by atomic mass is 35.5. The second kappa shape index (κ2) is 7.74. The van der Waals surface area contributed by atoms with E-state index in [0.29, 0.717) is 16.1 Å². The first-order valence-corrected chi connectivity index (χ1v) is 8.61. The van der Waals surface area contributed by atoms with Crippen molar-refractivity contribution in [2.45, 2.75) is 34.2 Å². The Morgan fingerprint density at radius 1 is 1.24 bits per heavy atom. The van der Waals surface area contributed by atoms with Gasteiger partial charge >= 0.3 is 0 Å². The molecule has 0 aliphatic heterocycles. The summed E-state index contributed by atoms with van der Waals surface area (Å²) in [7, 11) is 1.95. The van der Waals surface area contributed by atoms with Crippen molar-refractivity contribution in [3.8, 4) is 0 Å². The fraction of sp³-hybridized carbons (Fsp3) is 0.368. The van der Waals surface area contributed by atoms with Crippen molar-refractivity contribution in [1.29, 1.82) is 0 Å². The number of carbonyl (C=O) groups excluding carboxylic acids is 1. The van der Waals surface area contributed by atoms with Crippen LogP contribution in [0.1, 0.15) is 39.7 Å². The van der Waals surface area contributed by atoms with Gasteiger partial charge in [0.15, 0.2) is 0 Å². The van der Waals surface area contributed by atoms with E-state index in [1.807, 2.05) is 51.8 Å². The Labute approximate surface area is 153 Å². The summed E-state index contributed by atoms with van der Waals surface area (Å²) in [6.45, 7) is 8.61. The molecule has 0 saturated heterocycles. The number of carbonyl (C=O) groups is 1. The maximum atomic E-state index is 12.6. The van der Waals surface area contributed by atoms with Gasteiger partial charge in [-0.25, -0.2) is 0 Å². The quantitative estimate of drug-likeness (QED) is 0.858. The summed E-state index contributed by atoms with van der Waals surface area (Å²) in [6.07, 6.45) is 0. The van der Waals surface area contributed by atoms with Gasteiger partial charge in [-0.15, -0.1) is 0 Å². The van der Waals surface area contributed by atoms with Crippen molar-refractivity contribution in [2.24, 2.45) is 0 Å². The molecule has 0 unspecified atom stereocenters. The largest absolute Gasteiger partial charge is 0.375 e. The number of rotatable bonds is 5. The summed E-state index contributed by atoms with van der Waals surface area (Å²) in [4.78, 5) is 29.5. The molecule has 0 spiro atoms. The molecular formula is C19H24ClN3O2. The van der Waals surface area contributed by atoms with Crippen molar-refractivity contribution in [1.82, 2.24) is 10.3 Å². The third-order valence-electron chi connectivity index (χ3n) is 4.39. The van der Waals surface area contributed by atoms with Crippen molar-refractivity contribution < 1.29 is 4.79 Å². The number of aromatic nitrogens is 1. The zero-order valence-electron chi connectivity index (χ0n) is 15.3. The highest BCUT2D eigenvalue weighted by molar-refractivity contribution is 6.31. The summed E-state index contributed by atoms with van der Waals surface area (Å²) in [6, 6.07) is 5.40. The van der Waals surface area contributed by atoms with Crippen LogP contribution in [-0.2, 0) is 6.54 Å². The van der Waals surface area contributed by atoms with Gasteiger partial charge in [-0.3, -0.25) is 9.59 Å². The Balaban J connectivity index is 2.28. The fourth-order valence-corrected chi connectivity index (χ4v) is 3.04. The van der Waals surface area contributed by atoms with Gasteiger partial charge in [-0.05, 0) is 57.0 Å². The molecule has 25 heavy (non-hydrogen) atoms. The van der Waals surface area contributed by atoms with Crippen LogP contribution in [0.25, 0.3) is 0 Å². The number of nitrogens with one attached hydrogen (secondary N) is 2. The zero-order valence-corrected chi connectivity index (χ0v) is 16.0. The van der Waals surface area contributed by atoms with Crippen molar-refractivity contribution in [2.75, 3.05) is 18.5 Å². The topological polar surface area (TPSA) is 65.2 Å². The monoisotopic (exact) mass is 361 g/mol. The average Bonchev–Trinajstić information content (AvgIpc) is 2.54. The van der Waals surface area contributed by atoms with Crippen LogP contribution in [0.15, 0.2) is 23.0 Å². The summed E-state index contributed by atoms with van der Waals surface area (Å²) in [5, 5.41) is 3.34. The van der Waals surface area contributed by atoms with E-state index < -0.39 is 0 Å². The molecule has 0 radical (unpaired) electrons. The Morgan fingerprint density at radius 3 is 2.52 bits per heavy atom. The number of anilines is 1. The van der Waals surface area contributed by atoms with Crippen LogP contribution in [0.4, 0.5) is 5.69 Å². The van der Waals surface area contributed by atoms with Gasteiger partial charge in [0.1, 0.15) is 0 Å². The lowest BCUT2D eigenvalue weighted by molar-refractivity contribution is 0.0950. The number of aryl methyl sites for hydroxylation is 2. The number of nitrogens with zero attached hydrogens (tertiary/aromatic N) is 1. The Bertz CT molecular complexity index is 858. The number of hydrogen-bond donors (Lipinski definition) is 2. The molecule has 0 atom stereocenters. The lowest BCUT2D eigenvalue weighted by Gasteiger charge is -2.21. The molecule has 0 fully saturated rings.